The zero-order valence-corrected chi connectivity index (χ0v) is 15.4. The molecule has 0 aliphatic rings. The minimum atomic E-state index is -1.15. The lowest BCUT2D eigenvalue weighted by Gasteiger charge is -2.26. The number of para-hydroxylation sites is 2. The molecule has 2 aromatic heterocycles. The summed E-state index contributed by atoms with van der Waals surface area (Å²) in [5, 5.41) is 18.0. The van der Waals surface area contributed by atoms with E-state index in [9.17, 15) is 5.11 Å². The minimum absolute atomic E-state index is 0.823. The molecule has 0 radical (unpaired) electrons. The molecule has 1 unspecified atom stereocenters. The van der Waals surface area contributed by atoms with Gasteiger partial charge in [0.1, 0.15) is 5.60 Å². The number of aliphatic hydroxyl groups is 1. The van der Waals surface area contributed by atoms with E-state index in [4.69, 9.17) is 0 Å². The Morgan fingerprint density at radius 2 is 1.68 bits per heavy atom. The Bertz CT molecular complexity index is 1280. The Morgan fingerprint density at radius 3 is 2.54 bits per heavy atom. The van der Waals surface area contributed by atoms with Crippen molar-refractivity contribution in [1.29, 1.82) is 0 Å². The first-order valence-corrected chi connectivity index (χ1v) is 9.25. The molecule has 0 spiro atoms. The summed E-state index contributed by atoms with van der Waals surface area (Å²) >= 11 is 0. The normalized spacial score (nSPS) is 13.6. The van der Waals surface area contributed by atoms with Gasteiger partial charge in [0, 0.05) is 17.0 Å². The Balaban J connectivity index is 1.64. The molecular formula is C24H19N3O. The quantitative estimate of drug-likeness (QED) is 0.498. The topological polar surface area (TPSA) is 50.9 Å². The maximum absolute atomic E-state index is 11.5. The highest BCUT2D eigenvalue weighted by molar-refractivity contribution is 5.85. The highest BCUT2D eigenvalue weighted by Crippen LogP contribution is 2.35. The van der Waals surface area contributed by atoms with E-state index in [1.54, 1.807) is 6.20 Å². The molecule has 0 aliphatic carbocycles. The van der Waals surface area contributed by atoms with Crippen LogP contribution in [0.15, 0.2) is 91.3 Å². The lowest BCUT2D eigenvalue weighted by molar-refractivity contribution is 0.104. The molecule has 2 heterocycles. The molecule has 5 rings (SSSR count). The molecule has 1 N–H and O–H groups in total. The van der Waals surface area contributed by atoms with Gasteiger partial charge in [0.2, 0.25) is 0 Å². The van der Waals surface area contributed by atoms with Crippen molar-refractivity contribution in [3.05, 3.63) is 102 Å². The number of aromatic nitrogens is 3. The second-order valence-corrected chi connectivity index (χ2v) is 7.11. The van der Waals surface area contributed by atoms with Crippen molar-refractivity contribution in [1.82, 2.24) is 14.8 Å². The summed E-state index contributed by atoms with van der Waals surface area (Å²) in [6.07, 6.45) is 3.59. The third-order valence-corrected chi connectivity index (χ3v) is 5.30. The number of nitrogens with zero attached hydrogens (tertiary/aromatic N) is 3. The number of hydrogen-bond acceptors (Lipinski definition) is 3. The van der Waals surface area contributed by atoms with Crippen LogP contribution in [0.5, 0.6) is 0 Å². The third-order valence-electron chi connectivity index (χ3n) is 5.30. The van der Waals surface area contributed by atoms with Crippen LogP contribution in [-0.4, -0.2) is 19.9 Å². The molecule has 0 aliphatic heterocycles. The summed E-state index contributed by atoms with van der Waals surface area (Å²) in [4.78, 5) is 4.41. The Labute approximate surface area is 162 Å². The minimum Gasteiger partial charge on any atom is -0.381 e. The molecule has 0 amide bonds. The third kappa shape index (κ3) is 2.58. The number of rotatable bonds is 3. The molecule has 0 saturated carbocycles. The SMILES string of the molecule is CC(O)(c1ccc2c(cnn2-c2ccccc2)c1)c1ccnc2ccccc12. The maximum Gasteiger partial charge on any atom is 0.113 e. The van der Waals surface area contributed by atoms with Gasteiger partial charge in [-0.1, -0.05) is 42.5 Å². The van der Waals surface area contributed by atoms with Crippen molar-refractivity contribution in [2.45, 2.75) is 12.5 Å². The van der Waals surface area contributed by atoms with Crippen molar-refractivity contribution in [3.8, 4) is 5.69 Å². The first kappa shape index (κ1) is 16.7. The van der Waals surface area contributed by atoms with E-state index in [-0.39, 0.29) is 0 Å². The van der Waals surface area contributed by atoms with Crippen LogP contribution in [0.3, 0.4) is 0 Å². The first-order chi connectivity index (χ1) is 13.6. The molecule has 0 fully saturated rings. The van der Waals surface area contributed by atoms with Crippen LogP contribution in [-0.2, 0) is 5.60 Å². The Hall–Kier alpha value is -3.50. The average Bonchev–Trinajstić information content (AvgIpc) is 3.17. The fourth-order valence-corrected chi connectivity index (χ4v) is 3.79. The summed E-state index contributed by atoms with van der Waals surface area (Å²) in [5.41, 5.74) is 3.41. The van der Waals surface area contributed by atoms with Gasteiger partial charge in [0.15, 0.2) is 0 Å². The first-order valence-electron chi connectivity index (χ1n) is 9.25. The van der Waals surface area contributed by atoms with Crippen molar-refractivity contribution < 1.29 is 5.11 Å². The summed E-state index contributed by atoms with van der Waals surface area (Å²) < 4.78 is 1.91. The number of fused-ring (bicyclic) bond motifs is 2. The van der Waals surface area contributed by atoms with Gasteiger partial charge in [-0.3, -0.25) is 4.98 Å². The lowest BCUT2D eigenvalue weighted by atomic mass is 9.86. The Kier molecular flexibility index (Phi) is 3.74. The lowest BCUT2D eigenvalue weighted by Crippen LogP contribution is -2.23. The van der Waals surface area contributed by atoms with E-state index in [2.05, 4.69) is 10.1 Å². The average molecular weight is 365 g/mol. The largest absolute Gasteiger partial charge is 0.381 e. The van der Waals surface area contributed by atoms with Crippen LogP contribution in [0.1, 0.15) is 18.1 Å². The predicted octanol–water partition coefficient (Wildman–Crippen LogP) is 4.83. The van der Waals surface area contributed by atoms with Crippen LogP contribution >= 0.6 is 0 Å². The summed E-state index contributed by atoms with van der Waals surface area (Å²) in [5.74, 6) is 0. The van der Waals surface area contributed by atoms with Gasteiger partial charge in [-0.05, 0) is 54.4 Å². The molecule has 4 nitrogen and oxygen atoms in total. The molecule has 136 valence electrons. The zero-order valence-electron chi connectivity index (χ0n) is 15.4. The number of benzene rings is 3. The second kappa shape index (κ2) is 6.29. The van der Waals surface area contributed by atoms with Gasteiger partial charge in [-0.2, -0.15) is 5.10 Å². The highest BCUT2D eigenvalue weighted by Gasteiger charge is 2.28. The monoisotopic (exact) mass is 365 g/mol. The van der Waals surface area contributed by atoms with E-state index < -0.39 is 5.60 Å². The van der Waals surface area contributed by atoms with Crippen molar-refractivity contribution >= 4 is 21.8 Å². The van der Waals surface area contributed by atoms with Crippen LogP contribution in [0.2, 0.25) is 0 Å². The molecule has 4 heteroatoms. The second-order valence-electron chi connectivity index (χ2n) is 7.11. The fourth-order valence-electron chi connectivity index (χ4n) is 3.79. The summed E-state index contributed by atoms with van der Waals surface area (Å²) in [6, 6.07) is 25.8. The van der Waals surface area contributed by atoms with E-state index in [1.165, 1.54) is 0 Å². The molecule has 1 atom stereocenters. The molecule has 0 saturated heterocycles. The van der Waals surface area contributed by atoms with Crippen LogP contribution in [0.25, 0.3) is 27.5 Å². The predicted molar refractivity (Wildman–Crippen MR) is 111 cm³/mol. The fraction of sp³-hybridized carbons (Fsp3) is 0.0833. The van der Waals surface area contributed by atoms with Gasteiger partial charge in [-0.25, -0.2) is 4.68 Å². The van der Waals surface area contributed by atoms with Gasteiger partial charge < -0.3 is 5.11 Å². The van der Waals surface area contributed by atoms with Crippen molar-refractivity contribution in [2.24, 2.45) is 0 Å². The molecular weight excluding hydrogens is 346 g/mol. The zero-order chi connectivity index (χ0) is 19.1. The molecule has 3 aromatic carbocycles. The van der Waals surface area contributed by atoms with Crippen LogP contribution < -0.4 is 0 Å². The van der Waals surface area contributed by atoms with E-state index >= 15 is 0 Å². The van der Waals surface area contributed by atoms with Crippen molar-refractivity contribution in [2.75, 3.05) is 0 Å². The van der Waals surface area contributed by atoms with Gasteiger partial charge in [0.05, 0.1) is 22.9 Å². The van der Waals surface area contributed by atoms with E-state index in [0.29, 0.717) is 0 Å². The molecule has 5 aromatic rings. The van der Waals surface area contributed by atoms with Crippen molar-refractivity contribution in [3.63, 3.8) is 0 Å². The number of pyridine rings is 1. The van der Waals surface area contributed by atoms with Gasteiger partial charge in [0.25, 0.3) is 0 Å². The summed E-state index contributed by atoms with van der Waals surface area (Å²) in [7, 11) is 0. The molecule has 0 bridgehead atoms. The Morgan fingerprint density at radius 1 is 0.893 bits per heavy atom. The number of hydrogen-bond donors (Lipinski definition) is 1. The van der Waals surface area contributed by atoms with Gasteiger partial charge >= 0.3 is 0 Å². The summed E-state index contributed by atoms with van der Waals surface area (Å²) in [6.45, 7) is 1.83. The molecule has 28 heavy (non-hydrogen) atoms. The smallest absolute Gasteiger partial charge is 0.113 e. The van der Waals surface area contributed by atoms with Gasteiger partial charge in [-0.15, -0.1) is 0 Å². The van der Waals surface area contributed by atoms with E-state index in [0.717, 1.165) is 38.6 Å². The standard InChI is InChI=1S/C24H19N3O/c1-24(28,21-13-14-25-22-10-6-5-9-20(21)22)18-11-12-23-17(15-18)16-26-27(23)19-7-3-2-4-8-19/h2-16,28H,1H3. The maximum atomic E-state index is 11.5. The van der Waals surface area contributed by atoms with Crippen LogP contribution in [0.4, 0.5) is 0 Å². The highest BCUT2D eigenvalue weighted by atomic mass is 16.3. The van der Waals surface area contributed by atoms with E-state index in [1.807, 2.05) is 96.7 Å². The van der Waals surface area contributed by atoms with Crippen LogP contribution in [0, 0.1) is 0 Å².